The molecule has 2 N–H and O–H groups in total. The van der Waals surface area contributed by atoms with Gasteiger partial charge in [0.15, 0.2) is 0 Å². The number of halogens is 1. The van der Waals surface area contributed by atoms with Crippen LogP contribution < -0.4 is 10.6 Å². The smallest absolute Gasteiger partial charge is 0.123 e. The Morgan fingerprint density at radius 2 is 2.10 bits per heavy atom. The largest absolute Gasteiger partial charge is 0.372 e. The fourth-order valence-electron chi connectivity index (χ4n) is 2.21. The second-order valence-electron chi connectivity index (χ2n) is 5.39. The summed E-state index contributed by atoms with van der Waals surface area (Å²) in [6, 6.07) is 5.56. The Morgan fingerprint density at radius 3 is 2.70 bits per heavy atom. The third-order valence-electron chi connectivity index (χ3n) is 3.83. The van der Waals surface area contributed by atoms with Crippen molar-refractivity contribution in [1.29, 1.82) is 0 Å². The van der Waals surface area contributed by atoms with Gasteiger partial charge in [0.25, 0.3) is 0 Å². The van der Waals surface area contributed by atoms with Crippen LogP contribution in [0.5, 0.6) is 0 Å². The Kier molecular flexibility index (Phi) is 7.38. The zero-order chi connectivity index (χ0) is 15.1. The Hall–Kier alpha value is -0.740. The summed E-state index contributed by atoms with van der Waals surface area (Å²) in [5, 5.41) is 0. The van der Waals surface area contributed by atoms with Crippen LogP contribution in [0.4, 0.5) is 10.1 Å². The monoisotopic (exact) mass is 298 g/mol. The molecule has 0 heterocycles. The van der Waals surface area contributed by atoms with E-state index >= 15 is 0 Å². The molecule has 0 aliphatic rings. The van der Waals surface area contributed by atoms with E-state index in [1.165, 1.54) is 6.07 Å². The van der Waals surface area contributed by atoms with Gasteiger partial charge in [0, 0.05) is 24.8 Å². The summed E-state index contributed by atoms with van der Waals surface area (Å²) in [4.78, 5) is 2.24. The molecule has 1 rings (SSSR count). The lowest BCUT2D eigenvalue weighted by atomic mass is 10.0. The number of rotatable bonds is 8. The van der Waals surface area contributed by atoms with Gasteiger partial charge in [-0.15, -0.1) is 0 Å². The molecule has 0 aliphatic carbocycles. The normalized spacial score (nSPS) is 14.1. The lowest BCUT2D eigenvalue weighted by molar-refractivity contribution is 0.608. The molecule has 0 radical (unpaired) electrons. The van der Waals surface area contributed by atoms with Crippen LogP contribution in [0.2, 0.25) is 0 Å². The number of hydrogen-bond donors (Lipinski definition) is 1. The van der Waals surface area contributed by atoms with Gasteiger partial charge in [-0.2, -0.15) is 11.8 Å². The minimum absolute atomic E-state index is 0.0884. The maximum atomic E-state index is 13.5. The molecule has 2 unspecified atom stereocenters. The molecule has 2 nitrogen and oxygen atoms in total. The molecular formula is C16H27FN2S. The zero-order valence-corrected chi connectivity index (χ0v) is 13.8. The van der Waals surface area contributed by atoms with Gasteiger partial charge in [0.2, 0.25) is 0 Å². The van der Waals surface area contributed by atoms with Crippen molar-refractivity contribution in [3.63, 3.8) is 0 Å². The van der Waals surface area contributed by atoms with Gasteiger partial charge < -0.3 is 10.6 Å². The van der Waals surface area contributed by atoms with E-state index < -0.39 is 0 Å². The first kappa shape index (κ1) is 17.3. The molecule has 1 aromatic rings. The number of thioether (sulfide) groups is 1. The predicted molar refractivity (Wildman–Crippen MR) is 89.2 cm³/mol. The number of anilines is 1. The summed E-state index contributed by atoms with van der Waals surface area (Å²) < 4.78 is 13.5. The van der Waals surface area contributed by atoms with Gasteiger partial charge in [0.05, 0.1) is 0 Å². The molecule has 1 aromatic carbocycles. The SMILES string of the molecule is CCC(N)Cc1cc(F)ccc1N(C)C(C)CCSC. The molecule has 114 valence electrons. The predicted octanol–water partition coefficient (Wildman–Crippen LogP) is 3.68. The van der Waals surface area contributed by atoms with Gasteiger partial charge in [0.1, 0.15) is 5.82 Å². The lowest BCUT2D eigenvalue weighted by Gasteiger charge is -2.29. The van der Waals surface area contributed by atoms with E-state index in [4.69, 9.17) is 5.73 Å². The molecule has 2 atom stereocenters. The van der Waals surface area contributed by atoms with Crippen molar-refractivity contribution < 1.29 is 4.39 Å². The Bertz CT molecular complexity index is 411. The van der Waals surface area contributed by atoms with Crippen molar-refractivity contribution in [2.24, 2.45) is 5.73 Å². The molecule has 0 saturated carbocycles. The van der Waals surface area contributed by atoms with Crippen LogP contribution in [0.1, 0.15) is 32.3 Å². The highest BCUT2D eigenvalue weighted by Gasteiger charge is 2.15. The number of nitrogens with zero attached hydrogens (tertiary/aromatic N) is 1. The van der Waals surface area contributed by atoms with E-state index in [2.05, 4.69) is 32.1 Å². The average Bonchev–Trinajstić information content (AvgIpc) is 2.44. The molecular weight excluding hydrogens is 271 g/mol. The van der Waals surface area contributed by atoms with Gasteiger partial charge in [-0.1, -0.05) is 6.92 Å². The zero-order valence-electron chi connectivity index (χ0n) is 13.0. The molecule has 0 bridgehead atoms. The van der Waals surface area contributed by atoms with Gasteiger partial charge in [-0.25, -0.2) is 4.39 Å². The molecule has 0 spiro atoms. The van der Waals surface area contributed by atoms with Crippen LogP contribution in [0.15, 0.2) is 18.2 Å². The summed E-state index contributed by atoms with van der Waals surface area (Å²) in [5.41, 5.74) is 8.15. The third-order valence-corrected chi connectivity index (χ3v) is 4.47. The molecule has 0 saturated heterocycles. The Labute approximate surface area is 126 Å². The van der Waals surface area contributed by atoms with Crippen molar-refractivity contribution in [3.8, 4) is 0 Å². The quantitative estimate of drug-likeness (QED) is 0.794. The summed E-state index contributed by atoms with van der Waals surface area (Å²) in [6.07, 6.45) is 4.87. The highest BCUT2D eigenvalue weighted by molar-refractivity contribution is 7.98. The summed E-state index contributed by atoms with van der Waals surface area (Å²) >= 11 is 1.86. The van der Waals surface area contributed by atoms with Crippen molar-refractivity contribution in [2.75, 3.05) is 24.0 Å². The summed E-state index contributed by atoms with van der Waals surface area (Å²) in [6.45, 7) is 4.28. The van der Waals surface area contributed by atoms with E-state index in [0.29, 0.717) is 6.04 Å². The van der Waals surface area contributed by atoms with Crippen molar-refractivity contribution in [2.45, 2.75) is 45.2 Å². The van der Waals surface area contributed by atoms with Gasteiger partial charge in [-0.3, -0.25) is 0 Å². The van der Waals surface area contributed by atoms with E-state index in [9.17, 15) is 4.39 Å². The van der Waals surface area contributed by atoms with Crippen LogP contribution in [0.25, 0.3) is 0 Å². The second-order valence-corrected chi connectivity index (χ2v) is 6.37. The lowest BCUT2D eigenvalue weighted by Crippen LogP contribution is -2.31. The van der Waals surface area contributed by atoms with Crippen LogP contribution in [-0.4, -0.2) is 31.1 Å². The maximum Gasteiger partial charge on any atom is 0.123 e. The number of benzene rings is 1. The highest BCUT2D eigenvalue weighted by atomic mass is 32.2. The van der Waals surface area contributed by atoms with Crippen LogP contribution >= 0.6 is 11.8 Å². The fraction of sp³-hybridized carbons (Fsp3) is 0.625. The second kappa shape index (κ2) is 8.53. The van der Waals surface area contributed by atoms with E-state index in [0.717, 1.165) is 36.3 Å². The summed E-state index contributed by atoms with van der Waals surface area (Å²) in [5.74, 6) is 0.952. The molecule has 20 heavy (non-hydrogen) atoms. The average molecular weight is 298 g/mol. The Balaban J connectivity index is 2.91. The number of nitrogens with two attached hydrogens (primary N) is 1. The summed E-state index contributed by atoms with van der Waals surface area (Å²) in [7, 11) is 2.08. The van der Waals surface area contributed by atoms with Crippen LogP contribution in [0.3, 0.4) is 0 Å². The van der Waals surface area contributed by atoms with E-state index in [1.54, 1.807) is 6.07 Å². The topological polar surface area (TPSA) is 29.3 Å². The van der Waals surface area contributed by atoms with Crippen molar-refractivity contribution in [1.82, 2.24) is 0 Å². The Morgan fingerprint density at radius 1 is 1.40 bits per heavy atom. The standard InChI is InChI=1S/C16H27FN2S/c1-5-15(18)11-13-10-14(17)6-7-16(13)19(3)12(2)8-9-20-4/h6-7,10,12,15H,5,8-9,11,18H2,1-4H3. The molecule has 0 fully saturated rings. The molecule has 4 heteroatoms. The first-order valence-corrected chi connectivity index (χ1v) is 8.64. The van der Waals surface area contributed by atoms with Crippen LogP contribution in [-0.2, 0) is 6.42 Å². The molecule has 0 amide bonds. The molecule has 0 aliphatic heterocycles. The van der Waals surface area contributed by atoms with Crippen molar-refractivity contribution in [3.05, 3.63) is 29.6 Å². The third kappa shape index (κ3) is 4.98. The van der Waals surface area contributed by atoms with Gasteiger partial charge in [-0.05, 0) is 62.0 Å². The number of hydrogen-bond acceptors (Lipinski definition) is 3. The highest BCUT2D eigenvalue weighted by Crippen LogP contribution is 2.25. The first-order valence-electron chi connectivity index (χ1n) is 7.25. The molecule has 0 aromatic heterocycles. The van der Waals surface area contributed by atoms with E-state index in [1.807, 2.05) is 17.8 Å². The maximum absolute atomic E-state index is 13.5. The fourth-order valence-corrected chi connectivity index (χ4v) is 2.78. The van der Waals surface area contributed by atoms with E-state index in [-0.39, 0.29) is 11.9 Å². The van der Waals surface area contributed by atoms with Crippen LogP contribution in [0, 0.1) is 5.82 Å². The minimum Gasteiger partial charge on any atom is -0.372 e. The van der Waals surface area contributed by atoms with Gasteiger partial charge >= 0.3 is 0 Å². The first-order chi connectivity index (χ1) is 9.49. The minimum atomic E-state index is -0.183. The van der Waals surface area contributed by atoms with Crippen molar-refractivity contribution >= 4 is 17.4 Å².